The maximum atomic E-state index is 10.3. The van der Waals surface area contributed by atoms with Gasteiger partial charge in [0.05, 0.1) is 11.6 Å². The standard InChI is InChI=1S/C14H12BrClO2/c1-18-13-7-6-9(8-11(13)15)14(17)10-4-2-3-5-12(10)16/h2-8,14,17H,1H3. The minimum absolute atomic E-state index is 0.553. The fourth-order valence-corrected chi connectivity index (χ4v) is 2.53. The van der Waals surface area contributed by atoms with Gasteiger partial charge in [0, 0.05) is 10.6 Å². The van der Waals surface area contributed by atoms with Crippen molar-refractivity contribution in [3.05, 3.63) is 63.1 Å². The largest absolute Gasteiger partial charge is 0.496 e. The third-order valence-corrected chi connectivity index (χ3v) is 3.66. The highest BCUT2D eigenvalue weighted by Crippen LogP contribution is 2.32. The monoisotopic (exact) mass is 326 g/mol. The Balaban J connectivity index is 2.37. The highest BCUT2D eigenvalue weighted by atomic mass is 79.9. The van der Waals surface area contributed by atoms with Crippen LogP contribution in [0.4, 0.5) is 0 Å². The molecule has 0 saturated heterocycles. The zero-order valence-electron chi connectivity index (χ0n) is 9.73. The van der Waals surface area contributed by atoms with Crippen molar-refractivity contribution in [3.63, 3.8) is 0 Å². The van der Waals surface area contributed by atoms with Crippen LogP contribution in [-0.2, 0) is 0 Å². The van der Waals surface area contributed by atoms with Crippen molar-refractivity contribution in [2.75, 3.05) is 7.11 Å². The molecule has 4 heteroatoms. The molecule has 0 radical (unpaired) electrons. The van der Waals surface area contributed by atoms with E-state index in [0.717, 1.165) is 15.8 Å². The summed E-state index contributed by atoms with van der Waals surface area (Å²) in [6.45, 7) is 0. The average Bonchev–Trinajstić information content (AvgIpc) is 2.38. The maximum absolute atomic E-state index is 10.3. The van der Waals surface area contributed by atoms with Gasteiger partial charge in [0.2, 0.25) is 0 Å². The quantitative estimate of drug-likeness (QED) is 0.916. The first kappa shape index (κ1) is 13.4. The molecule has 0 saturated carbocycles. The summed E-state index contributed by atoms with van der Waals surface area (Å²) >= 11 is 9.47. The zero-order chi connectivity index (χ0) is 13.1. The molecule has 1 N–H and O–H groups in total. The van der Waals surface area contributed by atoms with E-state index < -0.39 is 6.10 Å². The number of hydrogen-bond acceptors (Lipinski definition) is 2. The number of aliphatic hydroxyl groups is 1. The molecule has 0 bridgehead atoms. The highest BCUT2D eigenvalue weighted by Gasteiger charge is 2.14. The predicted molar refractivity (Wildman–Crippen MR) is 76.2 cm³/mol. The van der Waals surface area contributed by atoms with Crippen LogP contribution in [0.2, 0.25) is 5.02 Å². The molecule has 1 atom stereocenters. The lowest BCUT2D eigenvalue weighted by molar-refractivity contribution is 0.220. The van der Waals surface area contributed by atoms with E-state index in [2.05, 4.69) is 15.9 Å². The van der Waals surface area contributed by atoms with Crippen LogP contribution in [-0.4, -0.2) is 12.2 Å². The first-order valence-electron chi connectivity index (χ1n) is 5.39. The summed E-state index contributed by atoms with van der Waals surface area (Å²) in [5, 5.41) is 10.9. The molecule has 0 aliphatic rings. The zero-order valence-corrected chi connectivity index (χ0v) is 12.1. The Morgan fingerprint density at radius 3 is 2.56 bits per heavy atom. The van der Waals surface area contributed by atoms with E-state index in [9.17, 15) is 5.11 Å². The van der Waals surface area contributed by atoms with E-state index in [1.807, 2.05) is 30.3 Å². The van der Waals surface area contributed by atoms with Crippen molar-refractivity contribution in [1.29, 1.82) is 0 Å². The van der Waals surface area contributed by atoms with Gasteiger partial charge in [-0.25, -0.2) is 0 Å². The van der Waals surface area contributed by atoms with Crippen molar-refractivity contribution in [1.82, 2.24) is 0 Å². The van der Waals surface area contributed by atoms with Crippen molar-refractivity contribution in [2.24, 2.45) is 0 Å². The molecule has 2 rings (SSSR count). The molecule has 2 aromatic rings. The third-order valence-electron chi connectivity index (χ3n) is 2.69. The molecule has 94 valence electrons. The lowest BCUT2D eigenvalue weighted by Gasteiger charge is -2.14. The third kappa shape index (κ3) is 2.69. The van der Waals surface area contributed by atoms with Gasteiger partial charge in [-0.2, -0.15) is 0 Å². The Labute approximate surface area is 119 Å². The number of benzene rings is 2. The number of methoxy groups -OCH3 is 1. The second kappa shape index (κ2) is 5.74. The molecule has 0 heterocycles. The lowest BCUT2D eigenvalue weighted by Crippen LogP contribution is -2.00. The SMILES string of the molecule is COc1ccc(C(O)c2ccccc2Cl)cc1Br. The Morgan fingerprint density at radius 2 is 1.94 bits per heavy atom. The first-order valence-corrected chi connectivity index (χ1v) is 6.56. The van der Waals surface area contributed by atoms with E-state index >= 15 is 0 Å². The minimum Gasteiger partial charge on any atom is -0.496 e. The van der Waals surface area contributed by atoms with E-state index in [1.54, 1.807) is 19.2 Å². The van der Waals surface area contributed by atoms with Crippen LogP contribution in [0.25, 0.3) is 0 Å². The average molecular weight is 328 g/mol. The van der Waals surface area contributed by atoms with Gasteiger partial charge in [0.15, 0.2) is 0 Å². The fraction of sp³-hybridized carbons (Fsp3) is 0.143. The molecular formula is C14H12BrClO2. The number of halogens is 2. The van der Waals surface area contributed by atoms with Crippen LogP contribution in [0.1, 0.15) is 17.2 Å². The van der Waals surface area contributed by atoms with Gasteiger partial charge in [-0.1, -0.05) is 35.9 Å². The highest BCUT2D eigenvalue weighted by molar-refractivity contribution is 9.10. The van der Waals surface area contributed by atoms with Gasteiger partial charge in [0.1, 0.15) is 11.9 Å². The van der Waals surface area contributed by atoms with Gasteiger partial charge in [0.25, 0.3) is 0 Å². The normalized spacial score (nSPS) is 12.2. The molecule has 0 aliphatic heterocycles. The van der Waals surface area contributed by atoms with Crippen LogP contribution in [0.5, 0.6) is 5.75 Å². The van der Waals surface area contributed by atoms with Crippen LogP contribution in [0.3, 0.4) is 0 Å². The number of ether oxygens (including phenoxy) is 1. The van der Waals surface area contributed by atoms with Gasteiger partial charge in [-0.15, -0.1) is 0 Å². The van der Waals surface area contributed by atoms with Crippen LogP contribution in [0.15, 0.2) is 46.9 Å². The van der Waals surface area contributed by atoms with Crippen LogP contribution < -0.4 is 4.74 Å². The minimum atomic E-state index is -0.749. The summed E-state index contributed by atoms with van der Waals surface area (Å²) in [7, 11) is 1.60. The maximum Gasteiger partial charge on any atom is 0.133 e. The summed E-state index contributed by atoms with van der Waals surface area (Å²) in [4.78, 5) is 0. The summed E-state index contributed by atoms with van der Waals surface area (Å²) in [5.74, 6) is 0.727. The van der Waals surface area contributed by atoms with E-state index in [4.69, 9.17) is 16.3 Å². The lowest BCUT2D eigenvalue weighted by atomic mass is 10.0. The number of rotatable bonds is 3. The van der Waals surface area contributed by atoms with Gasteiger partial charge < -0.3 is 9.84 Å². The number of hydrogen-bond donors (Lipinski definition) is 1. The molecule has 1 unspecified atom stereocenters. The molecule has 2 nitrogen and oxygen atoms in total. The molecular weight excluding hydrogens is 316 g/mol. The van der Waals surface area contributed by atoms with Gasteiger partial charge in [-0.05, 0) is 39.7 Å². The van der Waals surface area contributed by atoms with Gasteiger partial charge >= 0.3 is 0 Å². The number of aliphatic hydroxyl groups excluding tert-OH is 1. The van der Waals surface area contributed by atoms with Crippen molar-refractivity contribution < 1.29 is 9.84 Å². The second-order valence-corrected chi connectivity index (χ2v) is 5.08. The van der Waals surface area contributed by atoms with E-state index in [0.29, 0.717) is 10.6 Å². The summed E-state index contributed by atoms with van der Waals surface area (Å²) in [5.41, 5.74) is 1.45. The molecule has 0 fully saturated rings. The summed E-state index contributed by atoms with van der Waals surface area (Å²) in [6.07, 6.45) is -0.749. The molecule has 0 aromatic heterocycles. The predicted octanol–water partition coefficient (Wildman–Crippen LogP) is 4.19. The van der Waals surface area contributed by atoms with Crippen molar-refractivity contribution in [3.8, 4) is 5.75 Å². The topological polar surface area (TPSA) is 29.5 Å². The summed E-state index contributed by atoms with van der Waals surface area (Å²) < 4.78 is 5.95. The Morgan fingerprint density at radius 1 is 1.22 bits per heavy atom. The Hall–Kier alpha value is -1.03. The first-order chi connectivity index (χ1) is 8.63. The molecule has 0 amide bonds. The molecule has 2 aromatic carbocycles. The Kier molecular flexibility index (Phi) is 4.27. The van der Waals surface area contributed by atoms with E-state index in [-0.39, 0.29) is 0 Å². The van der Waals surface area contributed by atoms with Crippen molar-refractivity contribution in [2.45, 2.75) is 6.10 Å². The van der Waals surface area contributed by atoms with Crippen LogP contribution >= 0.6 is 27.5 Å². The Bertz CT molecular complexity index is 557. The summed E-state index contributed by atoms with van der Waals surface area (Å²) in [6, 6.07) is 12.7. The molecule has 18 heavy (non-hydrogen) atoms. The molecule has 0 spiro atoms. The molecule has 0 aliphatic carbocycles. The smallest absolute Gasteiger partial charge is 0.133 e. The van der Waals surface area contributed by atoms with Gasteiger partial charge in [-0.3, -0.25) is 0 Å². The van der Waals surface area contributed by atoms with Crippen molar-refractivity contribution >= 4 is 27.5 Å². The second-order valence-electron chi connectivity index (χ2n) is 3.82. The fourth-order valence-electron chi connectivity index (χ4n) is 1.73. The van der Waals surface area contributed by atoms with E-state index in [1.165, 1.54) is 0 Å². The van der Waals surface area contributed by atoms with Crippen LogP contribution in [0, 0.1) is 0 Å².